The van der Waals surface area contributed by atoms with Crippen LogP contribution >= 0.6 is 0 Å². The standard InChI is InChI=1S/C28H31NO8/c1-17-19(5-4-6-21(17)18-7-8-24-27(11-18)36-10-9-35-24)16-37-20-12-25(33-2)22(26(13-20)34-3)14-29-23(15-30)28(31)32/h4-8,11-13,23,29-30H,9-10,14-16H2,1-3H3,(H,31,32)/t23-/m1/s1. The zero-order chi connectivity index (χ0) is 26.4. The predicted molar refractivity (Wildman–Crippen MR) is 137 cm³/mol. The van der Waals surface area contributed by atoms with Gasteiger partial charge in [-0.2, -0.15) is 0 Å². The lowest BCUT2D eigenvalue weighted by Gasteiger charge is -2.20. The van der Waals surface area contributed by atoms with E-state index in [1.807, 2.05) is 30.3 Å². The van der Waals surface area contributed by atoms with E-state index in [1.165, 1.54) is 14.2 Å². The molecule has 0 aliphatic carbocycles. The number of rotatable bonds is 11. The summed E-state index contributed by atoms with van der Waals surface area (Å²) < 4.78 is 28.5. The van der Waals surface area contributed by atoms with Gasteiger partial charge in [-0.3, -0.25) is 10.1 Å². The van der Waals surface area contributed by atoms with Crippen molar-refractivity contribution in [2.75, 3.05) is 34.0 Å². The second kappa shape index (κ2) is 11.9. The van der Waals surface area contributed by atoms with E-state index in [0.29, 0.717) is 42.6 Å². The van der Waals surface area contributed by atoms with Crippen molar-refractivity contribution in [3.63, 3.8) is 0 Å². The summed E-state index contributed by atoms with van der Waals surface area (Å²) in [4.78, 5) is 11.2. The number of hydrogen-bond acceptors (Lipinski definition) is 8. The van der Waals surface area contributed by atoms with E-state index in [1.54, 1.807) is 12.1 Å². The van der Waals surface area contributed by atoms with Crippen molar-refractivity contribution in [1.29, 1.82) is 0 Å². The molecule has 4 rings (SSSR count). The Kier molecular flexibility index (Phi) is 8.37. The molecule has 0 spiro atoms. The molecule has 9 nitrogen and oxygen atoms in total. The molecule has 0 radical (unpaired) electrons. The molecule has 1 aliphatic heterocycles. The van der Waals surface area contributed by atoms with Gasteiger partial charge in [0.1, 0.15) is 43.1 Å². The smallest absolute Gasteiger partial charge is 0.323 e. The van der Waals surface area contributed by atoms with Gasteiger partial charge in [-0.25, -0.2) is 0 Å². The molecule has 3 N–H and O–H groups in total. The number of ether oxygens (including phenoxy) is 5. The van der Waals surface area contributed by atoms with Gasteiger partial charge >= 0.3 is 5.97 Å². The van der Waals surface area contributed by atoms with Crippen molar-refractivity contribution in [2.45, 2.75) is 26.1 Å². The summed E-state index contributed by atoms with van der Waals surface area (Å²) in [6.45, 7) is 3.05. The van der Waals surface area contributed by atoms with Crippen LogP contribution in [0.15, 0.2) is 48.5 Å². The highest BCUT2D eigenvalue weighted by atomic mass is 16.6. The summed E-state index contributed by atoms with van der Waals surface area (Å²) in [7, 11) is 3.04. The second-order valence-corrected chi connectivity index (χ2v) is 8.50. The van der Waals surface area contributed by atoms with Crippen molar-refractivity contribution >= 4 is 5.97 Å². The van der Waals surface area contributed by atoms with Crippen molar-refractivity contribution in [2.24, 2.45) is 0 Å². The zero-order valence-corrected chi connectivity index (χ0v) is 21.1. The Morgan fingerprint density at radius 2 is 1.73 bits per heavy atom. The second-order valence-electron chi connectivity index (χ2n) is 8.50. The number of hydrogen-bond donors (Lipinski definition) is 3. The number of carboxylic acid groups (broad SMARTS) is 1. The Labute approximate surface area is 215 Å². The van der Waals surface area contributed by atoms with Crippen LogP contribution in [0.1, 0.15) is 16.7 Å². The Morgan fingerprint density at radius 1 is 1.03 bits per heavy atom. The molecular formula is C28H31NO8. The van der Waals surface area contributed by atoms with Gasteiger partial charge in [0.2, 0.25) is 0 Å². The Bertz CT molecular complexity index is 1230. The number of carboxylic acids is 1. The van der Waals surface area contributed by atoms with Crippen LogP contribution in [0.2, 0.25) is 0 Å². The quantitative estimate of drug-likeness (QED) is 0.357. The van der Waals surface area contributed by atoms with Crippen LogP contribution in [0.5, 0.6) is 28.7 Å². The molecule has 9 heteroatoms. The van der Waals surface area contributed by atoms with Crippen LogP contribution in [0.4, 0.5) is 0 Å². The largest absolute Gasteiger partial charge is 0.496 e. The van der Waals surface area contributed by atoms with Crippen LogP contribution in [0.25, 0.3) is 11.1 Å². The van der Waals surface area contributed by atoms with Gasteiger partial charge in [0.25, 0.3) is 0 Å². The molecule has 1 atom stereocenters. The number of methoxy groups -OCH3 is 2. The lowest BCUT2D eigenvalue weighted by Crippen LogP contribution is -2.39. The third-order valence-electron chi connectivity index (χ3n) is 6.28. The molecule has 0 aromatic heterocycles. The van der Waals surface area contributed by atoms with Gasteiger partial charge in [0.05, 0.1) is 26.4 Å². The van der Waals surface area contributed by atoms with Crippen molar-refractivity contribution in [3.8, 4) is 39.9 Å². The fourth-order valence-corrected chi connectivity index (χ4v) is 4.20. The summed E-state index contributed by atoms with van der Waals surface area (Å²) in [6.07, 6.45) is 0. The summed E-state index contributed by atoms with van der Waals surface area (Å²) >= 11 is 0. The number of aliphatic hydroxyl groups is 1. The minimum absolute atomic E-state index is 0.126. The van der Waals surface area contributed by atoms with E-state index >= 15 is 0 Å². The first-order valence-electron chi connectivity index (χ1n) is 11.9. The third-order valence-corrected chi connectivity index (χ3v) is 6.28. The minimum atomic E-state index is -1.14. The fraction of sp³-hybridized carbons (Fsp3) is 0.321. The molecule has 0 saturated carbocycles. The van der Waals surface area contributed by atoms with Crippen molar-refractivity contribution in [1.82, 2.24) is 5.32 Å². The Balaban J connectivity index is 1.53. The zero-order valence-electron chi connectivity index (χ0n) is 21.1. The predicted octanol–water partition coefficient (Wildman–Crippen LogP) is 3.56. The molecular weight excluding hydrogens is 478 g/mol. The number of benzene rings is 3. The van der Waals surface area contributed by atoms with Crippen LogP contribution < -0.4 is 29.0 Å². The van der Waals surface area contributed by atoms with Gasteiger partial charge in [0.15, 0.2) is 11.5 Å². The summed E-state index contributed by atoms with van der Waals surface area (Å²) in [5.41, 5.74) is 4.83. The van der Waals surface area contributed by atoms with Crippen LogP contribution in [-0.2, 0) is 17.9 Å². The molecule has 196 valence electrons. The molecule has 0 bridgehead atoms. The normalized spacial score (nSPS) is 13.1. The highest BCUT2D eigenvalue weighted by Gasteiger charge is 2.20. The molecule has 0 amide bonds. The lowest BCUT2D eigenvalue weighted by molar-refractivity contribution is -0.140. The first-order valence-corrected chi connectivity index (χ1v) is 11.9. The maximum absolute atomic E-state index is 11.2. The van der Waals surface area contributed by atoms with Crippen LogP contribution in [0.3, 0.4) is 0 Å². The monoisotopic (exact) mass is 509 g/mol. The van der Waals surface area contributed by atoms with E-state index in [2.05, 4.69) is 18.3 Å². The van der Waals surface area contributed by atoms with Crippen LogP contribution in [-0.4, -0.2) is 56.3 Å². The molecule has 37 heavy (non-hydrogen) atoms. The number of aliphatic carboxylic acids is 1. The van der Waals surface area contributed by atoms with E-state index in [4.69, 9.17) is 23.7 Å². The van der Waals surface area contributed by atoms with Gasteiger partial charge in [0, 0.05) is 18.7 Å². The average molecular weight is 510 g/mol. The fourth-order valence-electron chi connectivity index (χ4n) is 4.20. The highest BCUT2D eigenvalue weighted by molar-refractivity contribution is 5.73. The first kappa shape index (κ1) is 26.1. The molecule has 0 unspecified atom stereocenters. The average Bonchev–Trinajstić information content (AvgIpc) is 2.92. The lowest BCUT2D eigenvalue weighted by atomic mass is 9.96. The number of carbonyl (C=O) groups is 1. The number of aliphatic hydroxyl groups excluding tert-OH is 1. The van der Waals surface area contributed by atoms with E-state index in [0.717, 1.165) is 33.8 Å². The maximum atomic E-state index is 11.2. The van der Waals surface area contributed by atoms with Crippen LogP contribution in [0, 0.1) is 6.92 Å². The molecule has 1 aliphatic rings. The molecule has 3 aromatic carbocycles. The molecule has 0 saturated heterocycles. The highest BCUT2D eigenvalue weighted by Crippen LogP contribution is 2.37. The van der Waals surface area contributed by atoms with Gasteiger partial charge < -0.3 is 33.9 Å². The number of nitrogens with one attached hydrogen (secondary N) is 1. The molecule has 0 fully saturated rings. The SMILES string of the molecule is COc1cc(OCc2cccc(-c3ccc4c(c3)OCCO4)c2C)cc(OC)c1CN[C@H](CO)C(=O)O. The first-order chi connectivity index (χ1) is 17.9. The number of fused-ring (bicyclic) bond motifs is 1. The van der Waals surface area contributed by atoms with E-state index < -0.39 is 18.6 Å². The van der Waals surface area contributed by atoms with Gasteiger partial charge in [-0.1, -0.05) is 24.3 Å². The van der Waals surface area contributed by atoms with Crippen molar-refractivity contribution in [3.05, 3.63) is 65.2 Å². The van der Waals surface area contributed by atoms with Gasteiger partial charge in [-0.15, -0.1) is 0 Å². The minimum Gasteiger partial charge on any atom is -0.496 e. The molecule has 3 aromatic rings. The Morgan fingerprint density at radius 3 is 2.38 bits per heavy atom. The summed E-state index contributed by atoms with van der Waals surface area (Å²) in [6, 6.07) is 14.4. The van der Waals surface area contributed by atoms with E-state index in [9.17, 15) is 15.0 Å². The van der Waals surface area contributed by atoms with Gasteiger partial charge in [-0.05, 0) is 41.3 Å². The third kappa shape index (κ3) is 5.90. The molecule has 1 heterocycles. The topological polar surface area (TPSA) is 116 Å². The Hall–Kier alpha value is -3.95. The van der Waals surface area contributed by atoms with E-state index in [-0.39, 0.29) is 6.54 Å². The van der Waals surface area contributed by atoms with Crippen molar-refractivity contribution < 1.29 is 38.7 Å². The maximum Gasteiger partial charge on any atom is 0.323 e. The summed E-state index contributed by atoms with van der Waals surface area (Å²) in [5, 5.41) is 21.2. The summed E-state index contributed by atoms with van der Waals surface area (Å²) in [5.74, 6) is 1.85.